The molecule has 0 saturated carbocycles. The van der Waals surface area contributed by atoms with Crippen LogP contribution in [0.15, 0.2) is 70.6 Å². The van der Waals surface area contributed by atoms with Crippen molar-refractivity contribution in [3.05, 3.63) is 87.5 Å². The topological polar surface area (TPSA) is 46.4 Å². The van der Waals surface area contributed by atoms with Crippen LogP contribution in [-0.4, -0.2) is 15.6 Å². The highest BCUT2D eigenvalue weighted by Gasteiger charge is 2.24. The minimum atomic E-state index is -0.152. The molecule has 0 aliphatic carbocycles. The lowest BCUT2D eigenvalue weighted by Gasteiger charge is -2.09. The number of benzene rings is 2. The Bertz CT molecular complexity index is 1120. The van der Waals surface area contributed by atoms with Crippen molar-refractivity contribution < 1.29 is 4.79 Å². The number of aromatic nitrogens is 1. The molecule has 3 aromatic rings. The Morgan fingerprint density at radius 3 is 2.54 bits per heavy atom. The summed E-state index contributed by atoms with van der Waals surface area (Å²) in [6.45, 7) is 4.12. The molecule has 1 aromatic heterocycles. The van der Waals surface area contributed by atoms with Crippen molar-refractivity contribution in [3.63, 3.8) is 0 Å². The Balaban J connectivity index is 1.65. The number of aryl methyl sites for hydroxylation is 1. The minimum Gasteiger partial charge on any atom is -0.318 e. The number of halogens is 1. The van der Waals surface area contributed by atoms with E-state index in [4.69, 9.17) is 11.6 Å². The first-order valence-corrected chi connectivity index (χ1v) is 10.0. The van der Waals surface area contributed by atoms with Gasteiger partial charge in [0.25, 0.3) is 5.91 Å². The normalized spacial score (nSPS) is 16.8. The number of rotatable bonds is 3. The van der Waals surface area contributed by atoms with Crippen LogP contribution in [0.5, 0.6) is 0 Å². The van der Waals surface area contributed by atoms with E-state index in [9.17, 15) is 4.79 Å². The third-order valence-electron chi connectivity index (χ3n) is 4.50. The summed E-state index contributed by atoms with van der Waals surface area (Å²) in [6, 6.07) is 19.6. The highest BCUT2D eigenvalue weighted by atomic mass is 35.5. The van der Waals surface area contributed by atoms with Gasteiger partial charge in [0, 0.05) is 17.1 Å². The summed E-state index contributed by atoms with van der Waals surface area (Å²) in [4.78, 5) is 17.5. The molecule has 6 heteroatoms. The van der Waals surface area contributed by atoms with Gasteiger partial charge in [-0.1, -0.05) is 41.9 Å². The zero-order chi connectivity index (χ0) is 19.7. The van der Waals surface area contributed by atoms with Gasteiger partial charge in [-0.3, -0.25) is 4.79 Å². The van der Waals surface area contributed by atoms with Crippen molar-refractivity contribution in [1.82, 2.24) is 9.88 Å². The van der Waals surface area contributed by atoms with E-state index < -0.39 is 0 Å². The molecule has 0 spiro atoms. The van der Waals surface area contributed by atoms with Gasteiger partial charge in [-0.2, -0.15) is 0 Å². The molecule has 0 bridgehead atoms. The second-order valence-corrected chi connectivity index (χ2v) is 7.87. The lowest BCUT2D eigenvalue weighted by atomic mass is 10.2. The first-order valence-electron chi connectivity index (χ1n) is 8.81. The fourth-order valence-corrected chi connectivity index (χ4v) is 4.19. The number of carbonyl (C=O) groups is 1. The highest BCUT2D eigenvalue weighted by molar-refractivity contribution is 8.18. The predicted octanol–water partition coefficient (Wildman–Crippen LogP) is 5.64. The molecule has 0 unspecified atom stereocenters. The van der Waals surface area contributed by atoms with Crippen LogP contribution in [0.2, 0.25) is 5.02 Å². The average Bonchev–Trinajstić information content (AvgIpc) is 3.16. The summed E-state index contributed by atoms with van der Waals surface area (Å²) in [5, 5.41) is 3.89. The number of hydrogen-bond donors (Lipinski definition) is 1. The largest absolute Gasteiger partial charge is 0.318 e. The summed E-state index contributed by atoms with van der Waals surface area (Å²) < 4.78 is 2.18. The molecule has 1 aliphatic rings. The Kier molecular flexibility index (Phi) is 5.11. The molecule has 28 heavy (non-hydrogen) atoms. The van der Waals surface area contributed by atoms with Crippen LogP contribution in [0.3, 0.4) is 0 Å². The predicted molar refractivity (Wildman–Crippen MR) is 118 cm³/mol. The van der Waals surface area contributed by atoms with Gasteiger partial charge in [-0.25, -0.2) is 4.99 Å². The van der Waals surface area contributed by atoms with Gasteiger partial charge in [0.1, 0.15) is 0 Å². The van der Waals surface area contributed by atoms with E-state index in [2.05, 4.69) is 46.9 Å². The van der Waals surface area contributed by atoms with Crippen LogP contribution in [-0.2, 0) is 4.79 Å². The summed E-state index contributed by atoms with van der Waals surface area (Å²) in [6.07, 6.45) is 1.91. The van der Waals surface area contributed by atoms with Gasteiger partial charge < -0.3 is 9.88 Å². The molecule has 2 heterocycles. The standard InChI is InChI=1S/C22H18ClN3OS/c1-14-12-16(15(2)26(14)17-8-4-3-5-9-17)13-20-21(27)25-22(28-20)24-19-11-7-6-10-18(19)23/h3-13H,1-2H3,(H,24,25,27). The zero-order valence-corrected chi connectivity index (χ0v) is 17.0. The van der Waals surface area contributed by atoms with E-state index in [0.29, 0.717) is 20.8 Å². The molecule has 2 aromatic carbocycles. The summed E-state index contributed by atoms with van der Waals surface area (Å²) >= 11 is 7.48. The summed E-state index contributed by atoms with van der Waals surface area (Å²) in [5.41, 5.74) is 4.95. The minimum absolute atomic E-state index is 0.152. The van der Waals surface area contributed by atoms with Crippen molar-refractivity contribution in [3.8, 4) is 5.69 Å². The number of carbonyl (C=O) groups excluding carboxylic acids is 1. The molecule has 4 rings (SSSR count). The first kappa shape index (κ1) is 18.6. The van der Waals surface area contributed by atoms with Gasteiger partial charge in [-0.15, -0.1) is 0 Å². The van der Waals surface area contributed by atoms with E-state index in [0.717, 1.165) is 22.6 Å². The molecule has 1 fully saturated rings. The number of hydrogen-bond acceptors (Lipinski definition) is 3. The molecule has 1 aliphatic heterocycles. The maximum atomic E-state index is 12.4. The first-order chi connectivity index (χ1) is 13.5. The number of amidine groups is 1. The van der Waals surface area contributed by atoms with Crippen molar-refractivity contribution >= 4 is 46.2 Å². The van der Waals surface area contributed by atoms with Crippen LogP contribution < -0.4 is 5.32 Å². The van der Waals surface area contributed by atoms with Gasteiger partial charge >= 0.3 is 0 Å². The van der Waals surface area contributed by atoms with E-state index in [1.165, 1.54) is 11.8 Å². The van der Waals surface area contributed by atoms with Gasteiger partial charge in [-0.05, 0) is 67.6 Å². The van der Waals surface area contributed by atoms with E-state index >= 15 is 0 Å². The van der Waals surface area contributed by atoms with Crippen molar-refractivity contribution in [2.24, 2.45) is 4.99 Å². The van der Waals surface area contributed by atoms with Crippen LogP contribution in [0.25, 0.3) is 11.8 Å². The van der Waals surface area contributed by atoms with Crippen molar-refractivity contribution in [2.45, 2.75) is 13.8 Å². The van der Waals surface area contributed by atoms with Crippen molar-refractivity contribution in [1.29, 1.82) is 0 Å². The molecule has 4 nitrogen and oxygen atoms in total. The van der Waals surface area contributed by atoms with Crippen LogP contribution >= 0.6 is 23.4 Å². The van der Waals surface area contributed by atoms with Crippen molar-refractivity contribution in [2.75, 3.05) is 0 Å². The lowest BCUT2D eigenvalue weighted by Crippen LogP contribution is -2.19. The molecule has 1 saturated heterocycles. The number of para-hydroxylation sites is 2. The quantitative estimate of drug-likeness (QED) is 0.571. The molecular weight excluding hydrogens is 390 g/mol. The third-order valence-corrected chi connectivity index (χ3v) is 5.73. The smallest absolute Gasteiger partial charge is 0.264 e. The van der Waals surface area contributed by atoms with Gasteiger partial charge in [0.05, 0.1) is 15.6 Å². The second kappa shape index (κ2) is 7.70. The lowest BCUT2D eigenvalue weighted by molar-refractivity contribution is -0.115. The van der Waals surface area contributed by atoms with E-state index in [-0.39, 0.29) is 5.91 Å². The number of thioether (sulfide) groups is 1. The molecule has 140 valence electrons. The second-order valence-electron chi connectivity index (χ2n) is 6.43. The number of nitrogens with one attached hydrogen (secondary N) is 1. The Labute approximate surface area is 172 Å². The maximum absolute atomic E-state index is 12.4. The van der Waals surface area contributed by atoms with Gasteiger partial charge in [0.2, 0.25) is 0 Å². The molecule has 0 atom stereocenters. The highest BCUT2D eigenvalue weighted by Crippen LogP contribution is 2.32. The van der Waals surface area contributed by atoms with E-state index in [1.54, 1.807) is 6.07 Å². The monoisotopic (exact) mass is 407 g/mol. The van der Waals surface area contributed by atoms with Crippen LogP contribution in [0.1, 0.15) is 17.0 Å². The van der Waals surface area contributed by atoms with Crippen LogP contribution in [0, 0.1) is 13.8 Å². The maximum Gasteiger partial charge on any atom is 0.264 e. The molecular formula is C22H18ClN3OS. The Morgan fingerprint density at radius 1 is 1.07 bits per heavy atom. The fourth-order valence-electron chi connectivity index (χ4n) is 3.18. The van der Waals surface area contributed by atoms with Gasteiger partial charge in [0.15, 0.2) is 5.17 Å². The number of aliphatic imine (C=N–C) groups is 1. The van der Waals surface area contributed by atoms with Crippen LogP contribution in [0.4, 0.5) is 5.69 Å². The Hall–Kier alpha value is -2.76. The summed E-state index contributed by atoms with van der Waals surface area (Å²) in [7, 11) is 0. The summed E-state index contributed by atoms with van der Waals surface area (Å²) in [5.74, 6) is -0.152. The average molecular weight is 408 g/mol. The Morgan fingerprint density at radius 2 is 1.79 bits per heavy atom. The molecule has 1 N–H and O–H groups in total. The van der Waals surface area contributed by atoms with E-state index in [1.807, 2.05) is 42.5 Å². The molecule has 0 radical (unpaired) electrons. The molecule has 1 amide bonds. The zero-order valence-electron chi connectivity index (χ0n) is 15.4. The SMILES string of the molecule is Cc1cc(C=C2SC(=Nc3ccccc3Cl)NC2=O)c(C)n1-c1ccccc1. The third kappa shape index (κ3) is 3.63. The number of nitrogens with zero attached hydrogens (tertiary/aromatic N) is 2. The fraction of sp³-hybridized carbons (Fsp3) is 0.0909. The number of amides is 1.